The van der Waals surface area contributed by atoms with E-state index in [1.54, 1.807) is 0 Å². The van der Waals surface area contributed by atoms with Gasteiger partial charge in [-0.25, -0.2) is 15.0 Å². The summed E-state index contributed by atoms with van der Waals surface area (Å²) in [5.74, 6) is 0. The Balaban J connectivity index is 1.49. The lowest BCUT2D eigenvalue weighted by Gasteiger charge is -2.23. The Kier molecular flexibility index (Phi) is 4.12. The Morgan fingerprint density at radius 1 is 0.727 bits per heavy atom. The maximum absolute atomic E-state index is 5.94. The van der Waals surface area contributed by atoms with E-state index in [1.165, 1.54) is 50.4 Å². The summed E-state index contributed by atoms with van der Waals surface area (Å²) in [6.07, 6.45) is 11.3. The van der Waals surface area contributed by atoms with Gasteiger partial charge >= 0.3 is 0 Å². The fourth-order valence-electron chi connectivity index (χ4n) is 5.40. The number of imidazole rings is 1. The molecule has 0 spiro atoms. The molecule has 0 atom stereocenters. The van der Waals surface area contributed by atoms with Crippen LogP contribution in [-0.4, -0.2) is 19.5 Å². The van der Waals surface area contributed by atoms with Gasteiger partial charge < -0.3 is 13.4 Å². The molecular formula is C27H22N4O2. The summed E-state index contributed by atoms with van der Waals surface area (Å²) >= 11 is 0. The summed E-state index contributed by atoms with van der Waals surface area (Å²) in [7, 11) is 0. The molecule has 1 aliphatic rings. The number of aromatic nitrogens is 4. The van der Waals surface area contributed by atoms with Crippen LogP contribution in [0.25, 0.3) is 55.5 Å². The summed E-state index contributed by atoms with van der Waals surface area (Å²) in [6.45, 7) is 0. The second kappa shape index (κ2) is 7.30. The average Bonchev–Trinajstić information content (AvgIpc) is 3.63. The largest absolute Gasteiger partial charge is 0.443 e. The Hall–Kier alpha value is -3.93. The van der Waals surface area contributed by atoms with E-state index in [0.717, 1.165) is 27.8 Å². The van der Waals surface area contributed by atoms with Gasteiger partial charge in [-0.2, -0.15) is 0 Å². The van der Waals surface area contributed by atoms with Crippen molar-refractivity contribution in [1.29, 1.82) is 0 Å². The van der Waals surface area contributed by atoms with Crippen LogP contribution in [0.15, 0.2) is 76.5 Å². The Labute approximate surface area is 189 Å². The number of fused-ring (bicyclic) bond motifs is 4. The highest BCUT2D eigenvalue weighted by Crippen LogP contribution is 2.44. The van der Waals surface area contributed by atoms with Crippen molar-refractivity contribution in [3.8, 4) is 22.3 Å². The van der Waals surface area contributed by atoms with Gasteiger partial charge in [0.05, 0.1) is 17.4 Å². The zero-order chi connectivity index (χ0) is 21.8. The van der Waals surface area contributed by atoms with Crippen molar-refractivity contribution in [3.63, 3.8) is 0 Å². The zero-order valence-electron chi connectivity index (χ0n) is 18.1. The molecular weight excluding hydrogens is 412 g/mol. The summed E-state index contributed by atoms with van der Waals surface area (Å²) in [4.78, 5) is 13.7. The van der Waals surface area contributed by atoms with Gasteiger partial charge in [0.2, 0.25) is 0 Å². The van der Waals surface area contributed by atoms with Crippen molar-refractivity contribution in [1.82, 2.24) is 19.5 Å². The number of hydrogen-bond donors (Lipinski definition) is 0. The van der Waals surface area contributed by atoms with Crippen LogP contribution in [0.4, 0.5) is 0 Å². The predicted molar refractivity (Wildman–Crippen MR) is 128 cm³/mol. The van der Waals surface area contributed by atoms with Gasteiger partial charge in [0, 0.05) is 17.2 Å². The minimum atomic E-state index is 0.543. The smallest absolute Gasteiger partial charge is 0.182 e. The van der Waals surface area contributed by atoms with Crippen LogP contribution in [0.2, 0.25) is 0 Å². The first-order valence-corrected chi connectivity index (χ1v) is 11.5. The quantitative estimate of drug-likeness (QED) is 0.296. The van der Waals surface area contributed by atoms with Crippen molar-refractivity contribution < 1.29 is 8.83 Å². The van der Waals surface area contributed by atoms with Crippen LogP contribution < -0.4 is 0 Å². The van der Waals surface area contributed by atoms with Crippen molar-refractivity contribution in [2.45, 2.75) is 38.1 Å². The molecule has 6 aromatic rings. The molecule has 1 fully saturated rings. The topological polar surface area (TPSA) is 69.9 Å². The molecule has 1 aliphatic carbocycles. The van der Waals surface area contributed by atoms with E-state index in [9.17, 15) is 0 Å². The minimum Gasteiger partial charge on any atom is -0.443 e. The standard InChI is InChI=1S/C27H22N4O2/c1-3-7-17(8-4-1)22-23(27-25(30-16-33-27)24-26(22)32-15-29-24)18-11-12-21-20(13-18)28-14-31(21)19-9-5-2-6-10-19/h1,3-4,7-8,11-16,19H,2,5-6,9-10H2. The second-order valence-corrected chi connectivity index (χ2v) is 8.82. The molecule has 0 N–H and O–H groups in total. The Bertz CT molecular complexity index is 1600. The van der Waals surface area contributed by atoms with Crippen LogP contribution in [0.5, 0.6) is 0 Å². The maximum atomic E-state index is 5.94. The Morgan fingerprint density at radius 3 is 2.15 bits per heavy atom. The lowest BCUT2D eigenvalue weighted by atomic mass is 9.92. The molecule has 0 radical (unpaired) electrons. The van der Waals surface area contributed by atoms with E-state index < -0.39 is 0 Å². The molecule has 0 amide bonds. The number of benzene rings is 3. The van der Waals surface area contributed by atoms with Crippen molar-refractivity contribution in [3.05, 3.63) is 67.6 Å². The number of nitrogens with zero attached hydrogens (tertiary/aromatic N) is 4. The molecule has 0 saturated heterocycles. The van der Waals surface area contributed by atoms with Crippen LogP contribution >= 0.6 is 0 Å². The molecule has 0 unspecified atom stereocenters. The molecule has 6 heteroatoms. The third kappa shape index (κ3) is 2.83. The molecule has 1 saturated carbocycles. The molecule has 3 aromatic carbocycles. The van der Waals surface area contributed by atoms with E-state index in [-0.39, 0.29) is 0 Å². The van der Waals surface area contributed by atoms with E-state index in [4.69, 9.17) is 13.8 Å². The van der Waals surface area contributed by atoms with Gasteiger partial charge in [0.25, 0.3) is 0 Å². The molecule has 7 rings (SSSR count). The molecule has 162 valence electrons. The third-order valence-corrected chi connectivity index (χ3v) is 6.96. The highest BCUT2D eigenvalue weighted by atomic mass is 16.3. The van der Waals surface area contributed by atoms with Gasteiger partial charge in [-0.15, -0.1) is 0 Å². The first-order chi connectivity index (χ1) is 16.4. The normalized spacial score (nSPS) is 15.2. The average molecular weight is 434 g/mol. The summed E-state index contributed by atoms with van der Waals surface area (Å²) in [5, 5.41) is 0. The third-order valence-electron chi connectivity index (χ3n) is 6.96. The van der Waals surface area contributed by atoms with Crippen molar-refractivity contribution in [2.75, 3.05) is 0 Å². The lowest BCUT2D eigenvalue weighted by Crippen LogP contribution is -2.11. The number of oxazole rings is 2. The van der Waals surface area contributed by atoms with Crippen LogP contribution in [0, 0.1) is 0 Å². The fourth-order valence-corrected chi connectivity index (χ4v) is 5.40. The zero-order valence-corrected chi connectivity index (χ0v) is 18.1. The summed E-state index contributed by atoms with van der Waals surface area (Å²) in [6, 6.07) is 17.3. The van der Waals surface area contributed by atoms with Gasteiger partial charge in [-0.3, -0.25) is 0 Å². The van der Waals surface area contributed by atoms with Gasteiger partial charge in [0.1, 0.15) is 11.0 Å². The lowest BCUT2D eigenvalue weighted by molar-refractivity contribution is 0.359. The molecule has 3 aromatic heterocycles. The first kappa shape index (κ1) is 18.6. The number of hydrogen-bond acceptors (Lipinski definition) is 5. The summed E-state index contributed by atoms with van der Waals surface area (Å²) < 4.78 is 14.2. The van der Waals surface area contributed by atoms with E-state index in [0.29, 0.717) is 28.2 Å². The molecule has 33 heavy (non-hydrogen) atoms. The molecule has 6 nitrogen and oxygen atoms in total. The first-order valence-electron chi connectivity index (χ1n) is 11.5. The van der Waals surface area contributed by atoms with Gasteiger partial charge in [-0.05, 0) is 36.1 Å². The highest BCUT2D eigenvalue weighted by Gasteiger charge is 2.24. The molecule has 0 bridgehead atoms. The van der Waals surface area contributed by atoms with Crippen molar-refractivity contribution >= 4 is 33.2 Å². The Morgan fingerprint density at radius 2 is 1.42 bits per heavy atom. The van der Waals surface area contributed by atoms with Crippen LogP contribution in [0.3, 0.4) is 0 Å². The van der Waals surface area contributed by atoms with Crippen LogP contribution in [-0.2, 0) is 0 Å². The minimum absolute atomic E-state index is 0.543. The second-order valence-electron chi connectivity index (χ2n) is 8.82. The van der Waals surface area contributed by atoms with E-state index in [1.807, 2.05) is 24.5 Å². The SMILES string of the molecule is c1ccc(-c2c(-c3ccc4c(c3)ncn4C3CCCCC3)c3ocnc3c3ncoc23)cc1. The van der Waals surface area contributed by atoms with Gasteiger partial charge in [0.15, 0.2) is 24.0 Å². The molecule has 3 heterocycles. The van der Waals surface area contributed by atoms with E-state index in [2.05, 4.69) is 44.9 Å². The highest BCUT2D eigenvalue weighted by molar-refractivity contribution is 6.15. The molecule has 0 aliphatic heterocycles. The van der Waals surface area contributed by atoms with Crippen LogP contribution in [0.1, 0.15) is 38.1 Å². The van der Waals surface area contributed by atoms with E-state index >= 15 is 0 Å². The summed E-state index contributed by atoms with van der Waals surface area (Å²) in [5.41, 5.74) is 8.99. The predicted octanol–water partition coefficient (Wildman–Crippen LogP) is 7.16. The monoisotopic (exact) mass is 434 g/mol. The van der Waals surface area contributed by atoms with Gasteiger partial charge in [-0.1, -0.05) is 55.7 Å². The maximum Gasteiger partial charge on any atom is 0.182 e. The van der Waals surface area contributed by atoms with Crippen molar-refractivity contribution in [2.24, 2.45) is 0 Å². The fraction of sp³-hybridized carbons (Fsp3) is 0.222. The number of rotatable bonds is 3.